The Hall–Kier alpha value is -1.92. The average Bonchev–Trinajstić information content (AvgIpc) is 3.48. The minimum atomic E-state index is -0.848. The molecule has 0 aliphatic heterocycles. The fourth-order valence-corrected chi connectivity index (χ4v) is 11.7. The zero-order valence-corrected chi connectivity index (χ0v) is 55.5. The van der Waals surface area contributed by atoms with Crippen LogP contribution in [0.4, 0.5) is 0 Å². The van der Waals surface area contributed by atoms with E-state index in [2.05, 4.69) is 43.5 Å². The van der Waals surface area contributed by atoms with Gasteiger partial charge in [-0.05, 0) is 64.2 Å². The molecular formula is C76H145NO5. The molecule has 0 heterocycles. The summed E-state index contributed by atoms with van der Waals surface area (Å²) in [5.74, 6) is -0.0520. The van der Waals surface area contributed by atoms with Gasteiger partial charge in [-0.3, -0.25) is 9.59 Å². The summed E-state index contributed by atoms with van der Waals surface area (Å²) in [4.78, 5) is 24.6. The first-order valence-electron chi connectivity index (χ1n) is 37.3. The molecule has 0 aromatic carbocycles. The number of esters is 1. The second-order valence-electron chi connectivity index (χ2n) is 25.6. The summed E-state index contributed by atoms with van der Waals surface area (Å²) >= 11 is 0. The summed E-state index contributed by atoms with van der Waals surface area (Å²) in [5, 5.41) is 23.2. The van der Waals surface area contributed by atoms with E-state index in [4.69, 9.17) is 4.74 Å². The lowest BCUT2D eigenvalue weighted by molar-refractivity contribution is -0.143. The molecule has 0 aliphatic rings. The monoisotopic (exact) mass is 1150 g/mol. The maximum Gasteiger partial charge on any atom is 0.305 e. The predicted molar refractivity (Wildman–Crippen MR) is 361 cm³/mol. The molecule has 1 amide bonds. The highest BCUT2D eigenvalue weighted by atomic mass is 16.5. The summed E-state index contributed by atoms with van der Waals surface area (Å²) in [6.07, 6.45) is 92.4. The van der Waals surface area contributed by atoms with Crippen LogP contribution >= 0.6 is 0 Å². The summed E-state index contributed by atoms with van der Waals surface area (Å²) in [5.41, 5.74) is 0. The smallest absolute Gasteiger partial charge is 0.305 e. The van der Waals surface area contributed by atoms with Crippen molar-refractivity contribution in [3.05, 3.63) is 36.5 Å². The second kappa shape index (κ2) is 71.6. The first-order chi connectivity index (χ1) is 40.5. The van der Waals surface area contributed by atoms with Gasteiger partial charge >= 0.3 is 5.97 Å². The van der Waals surface area contributed by atoms with Crippen LogP contribution in [0.15, 0.2) is 36.5 Å². The molecule has 0 spiro atoms. The van der Waals surface area contributed by atoms with Crippen LogP contribution in [-0.4, -0.2) is 47.4 Å². The molecule has 82 heavy (non-hydrogen) atoms. The Bertz CT molecular complexity index is 1330. The van der Waals surface area contributed by atoms with Crippen molar-refractivity contribution < 1.29 is 24.5 Å². The number of carbonyl (C=O) groups is 2. The predicted octanol–water partition coefficient (Wildman–Crippen LogP) is 24.3. The molecule has 3 N–H and O–H groups in total. The third-order valence-electron chi connectivity index (χ3n) is 17.4. The van der Waals surface area contributed by atoms with Gasteiger partial charge in [0.25, 0.3) is 0 Å². The first kappa shape index (κ1) is 80.1. The van der Waals surface area contributed by atoms with Crippen LogP contribution in [0.2, 0.25) is 0 Å². The van der Waals surface area contributed by atoms with Gasteiger partial charge in [-0.2, -0.15) is 0 Å². The number of unbranched alkanes of at least 4 members (excludes halogenated alkanes) is 55. The van der Waals surface area contributed by atoms with Crippen LogP contribution in [0.25, 0.3) is 0 Å². The van der Waals surface area contributed by atoms with Crippen molar-refractivity contribution >= 4 is 11.9 Å². The Labute approximate surface area is 513 Å². The van der Waals surface area contributed by atoms with E-state index in [0.29, 0.717) is 19.4 Å². The molecule has 0 aromatic heterocycles. The molecule has 0 saturated carbocycles. The van der Waals surface area contributed by atoms with Crippen LogP contribution in [0.5, 0.6) is 0 Å². The molecule has 0 bridgehead atoms. The van der Waals surface area contributed by atoms with Crippen LogP contribution in [0, 0.1) is 0 Å². The molecule has 0 radical (unpaired) electrons. The van der Waals surface area contributed by atoms with E-state index in [-0.39, 0.29) is 18.5 Å². The number of allylic oxidation sites excluding steroid dienone is 5. The van der Waals surface area contributed by atoms with Gasteiger partial charge in [0.15, 0.2) is 0 Å². The Morgan fingerprint density at radius 1 is 0.341 bits per heavy atom. The molecule has 2 atom stereocenters. The number of aliphatic hydroxyl groups excluding tert-OH is 2. The van der Waals surface area contributed by atoms with E-state index in [1.54, 1.807) is 6.08 Å². The molecule has 0 aliphatic carbocycles. The maximum atomic E-state index is 12.5. The summed E-state index contributed by atoms with van der Waals surface area (Å²) in [7, 11) is 0. The van der Waals surface area contributed by atoms with E-state index >= 15 is 0 Å². The molecule has 0 aromatic rings. The van der Waals surface area contributed by atoms with Gasteiger partial charge in [0.05, 0.1) is 25.4 Å². The van der Waals surface area contributed by atoms with Crippen molar-refractivity contribution in [2.45, 2.75) is 424 Å². The average molecular weight is 1150 g/mol. The standard InChI is InChI=1S/C76H145NO5/c1-3-5-7-9-11-13-15-17-19-21-32-36-40-44-48-52-56-60-64-68-74(79)73(72-78)77-75(80)69-65-61-57-53-49-45-41-37-34-30-28-26-24-23-25-27-29-31-35-39-43-47-51-55-59-63-67-71-82-76(81)70-66-62-58-54-50-46-42-38-33-22-20-18-16-14-12-10-8-6-4-2/h23-24,27,29,64,68,73-74,78-79H,3-22,25-26,28,30-63,65-67,69-72H2,1-2H3,(H,77,80)/b24-23-,29-27-,68-64+. The second-order valence-corrected chi connectivity index (χ2v) is 25.6. The van der Waals surface area contributed by atoms with Gasteiger partial charge in [-0.1, -0.05) is 371 Å². The van der Waals surface area contributed by atoms with Crippen molar-refractivity contribution in [1.82, 2.24) is 5.32 Å². The van der Waals surface area contributed by atoms with Gasteiger partial charge in [-0.15, -0.1) is 0 Å². The van der Waals surface area contributed by atoms with Gasteiger partial charge in [0.2, 0.25) is 5.91 Å². The number of rotatable bonds is 70. The summed E-state index contributed by atoms with van der Waals surface area (Å²) < 4.78 is 5.51. The van der Waals surface area contributed by atoms with E-state index in [1.165, 1.54) is 340 Å². The number of hydrogen-bond acceptors (Lipinski definition) is 5. The normalized spacial score (nSPS) is 12.7. The topological polar surface area (TPSA) is 95.9 Å². The largest absolute Gasteiger partial charge is 0.466 e. The van der Waals surface area contributed by atoms with E-state index in [1.807, 2.05) is 6.08 Å². The Morgan fingerprint density at radius 2 is 0.610 bits per heavy atom. The minimum absolute atomic E-state index is 0.0157. The number of ether oxygens (including phenoxy) is 1. The van der Waals surface area contributed by atoms with Crippen LogP contribution in [0.3, 0.4) is 0 Å². The van der Waals surface area contributed by atoms with E-state index in [0.717, 1.165) is 44.9 Å². The quantitative estimate of drug-likeness (QED) is 0.0320. The lowest BCUT2D eigenvalue weighted by Crippen LogP contribution is -2.45. The third-order valence-corrected chi connectivity index (χ3v) is 17.4. The van der Waals surface area contributed by atoms with Crippen LogP contribution in [0.1, 0.15) is 412 Å². The Balaban J connectivity index is 3.42. The SMILES string of the molecule is CCCCCCCCCCCCCCCCCCC/C=C/C(O)C(CO)NC(=O)CCCCCCCCCCCCC/C=C\C/C=C\CCCCCCCCCCCOC(=O)CCCCCCCCCCCCCCCCCCCCC. The van der Waals surface area contributed by atoms with Crippen molar-refractivity contribution in [2.75, 3.05) is 13.2 Å². The van der Waals surface area contributed by atoms with E-state index < -0.39 is 12.1 Å². The van der Waals surface area contributed by atoms with Crippen molar-refractivity contribution in [2.24, 2.45) is 0 Å². The lowest BCUT2D eigenvalue weighted by Gasteiger charge is -2.20. The molecule has 0 saturated heterocycles. The molecule has 0 rings (SSSR count). The number of hydrogen-bond donors (Lipinski definition) is 3. The molecular weight excluding hydrogens is 1010 g/mol. The highest BCUT2D eigenvalue weighted by molar-refractivity contribution is 5.76. The molecule has 484 valence electrons. The van der Waals surface area contributed by atoms with Crippen molar-refractivity contribution in [3.8, 4) is 0 Å². The fraction of sp³-hybridized carbons (Fsp3) is 0.895. The summed E-state index contributed by atoms with van der Waals surface area (Å²) in [6, 6.07) is -0.631. The van der Waals surface area contributed by atoms with Gasteiger partial charge in [-0.25, -0.2) is 0 Å². The Kier molecular flexibility index (Phi) is 69.9. The highest BCUT2D eigenvalue weighted by Gasteiger charge is 2.18. The van der Waals surface area contributed by atoms with Crippen LogP contribution in [-0.2, 0) is 14.3 Å². The van der Waals surface area contributed by atoms with Gasteiger partial charge in [0.1, 0.15) is 0 Å². The number of nitrogens with one attached hydrogen (secondary N) is 1. The molecule has 6 nitrogen and oxygen atoms in total. The molecule has 0 fully saturated rings. The lowest BCUT2D eigenvalue weighted by atomic mass is 10.0. The third kappa shape index (κ3) is 67.2. The van der Waals surface area contributed by atoms with Crippen LogP contribution < -0.4 is 5.32 Å². The maximum absolute atomic E-state index is 12.5. The summed E-state index contributed by atoms with van der Waals surface area (Å²) in [6.45, 7) is 4.94. The van der Waals surface area contributed by atoms with E-state index in [9.17, 15) is 19.8 Å². The number of amides is 1. The van der Waals surface area contributed by atoms with Gasteiger partial charge in [0, 0.05) is 12.8 Å². The first-order valence-corrected chi connectivity index (χ1v) is 37.3. The fourth-order valence-electron chi connectivity index (χ4n) is 11.7. The Morgan fingerprint density at radius 3 is 0.927 bits per heavy atom. The van der Waals surface area contributed by atoms with Gasteiger partial charge < -0.3 is 20.3 Å². The molecule has 2 unspecified atom stereocenters. The molecule has 6 heteroatoms. The highest BCUT2D eigenvalue weighted by Crippen LogP contribution is 2.19. The minimum Gasteiger partial charge on any atom is -0.466 e. The zero-order valence-electron chi connectivity index (χ0n) is 55.5. The number of aliphatic hydroxyl groups is 2. The zero-order chi connectivity index (χ0) is 59.2. The van der Waals surface area contributed by atoms with Crippen molar-refractivity contribution in [1.29, 1.82) is 0 Å². The van der Waals surface area contributed by atoms with Crippen molar-refractivity contribution in [3.63, 3.8) is 0 Å². The number of carbonyl (C=O) groups excluding carboxylic acids is 2.